The van der Waals surface area contributed by atoms with E-state index in [-0.39, 0.29) is 24.0 Å². The first kappa shape index (κ1) is 15.6. The van der Waals surface area contributed by atoms with Gasteiger partial charge in [-0.3, -0.25) is 0 Å². The molecule has 1 aliphatic heterocycles. The fourth-order valence-electron chi connectivity index (χ4n) is 2.54. The van der Waals surface area contributed by atoms with Gasteiger partial charge in [0.25, 0.3) is 0 Å². The zero-order valence-corrected chi connectivity index (χ0v) is 12.4. The van der Waals surface area contributed by atoms with Crippen LogP contribution in [0, 0.1) is 5.82 Å². The van der Waals surface area contributed by atoms with E-state index in [0.29, 0.717) is 18.8 Å². The first-order valence-electron chi connectivity index (χ1n) is 7.10. The SMILES string of the molecule is CCOC(=O)c1cc(N2CCC(OC)CC2)c(F)cc1N. The molecule has 2 rings (SSSR count). The van der Waals surface area contributed by atoms with E-state index < -0.39 is 11.8 Å². The van der Waals surface area contributed by atoms with Gasteiger partial charge < -0.3 is 20.1 Å². The van der Waals surface area contributed by atoms with E-state index in [9.17, 15) is 9.18 Å². The first-order valence-corrected chi connectivity index (χ1v) is 7.10. The van der Waals surface area contributed by atoms with Gasteiger partial charge in [0, 0.05) is 25.9 Å². The molecule has 0 aliphatic carbocycles. The molecular weight excluding hydrogens is 275 g/mol. The van der Waals surface area contributed by atoms with E-state index >= 15 is 0 Å². The van der Waals surface area contributed by atoms with Gasteiger partial charge in [0.05, 0.1) is 24.0 Å². The number of ether oxygens (including phenoxy) is 2. The lowest BCUT2D eigenvalue weighted by molar-refractivity contribution is 0.0527. The molecular formula is C15H21FN2O3. The van der Waals surface area contributed by atoms with Crippen LogP contribution in [0.4, 0.5) is 15.8 Å². The molecule has 1 aromatic carbocycles. The van der Waals surface area contributed by atoms with Crippen LogP contribution in [0.5, 0.6) is 0 Å². The summed E-state index contributed by atoms with van der Waals surface area (Å²) in [5.74, 6) is -0.945. The Morgan fingerprint density at radius 3 is 2.67 bits per heavy atom. The monoisotopic (exact) mass is 296 g/mol. The van der Waals surface area contributed by atoms with E-state index in [1.807, 2.05) is 4.90 Å². The van der Waals surface area contributed by atoms with Crippen LogP contribution in [-0.4, -0.2) is 38.9 Å². The molecule has 5 nitrogen and oxygen atoms in total. The number of esters is 1. The summed E-state index contributed by atoms with van der Waals surface area (Å²) in [7, 11) is 1.68. The smallest absolute Gasteiger partial charge is 0.340 e. The molecule has 6 heteroatoms. The van der Waals surface area contributed by atoms with Crippen molar-refractivity contribution in [2.45, 2.75) is 25.9 Å². The number of halogens is 1. The molecule has 21 heavy (non-hydrogen) atoms. The number of carbonyl (C=O) groups is 1. The largest absolute Gasteiger partial charge is 0.462 e. The van der Waals surface area contributed by atoms with Crippen molar-refractivity contribution in [2.24, 2.45) is 0 Å². The third-order valence-corrected chi connectivity index (χ3v) is 3.73. The molecule has 0 saturated carbocycles. The van der Waals surface area contributed by atoms with Gasteiger partial charge in [-0.1, -0.05) is 0 Å². The number of nitrogens with two attached hydrogens (primary N) is 1. The second-order valence-electron chi connectivity index (χ2n) is 5.03. The van der Waals surface area contributed by atoms with E-state index in [1.54, 1.807) is 14.0 Å². The number of hydrogen-bond donors (Lipinski definition) is 1. The minimum absolute atomic E-state index is 0.0986. The Labute approximate surface area is 123 Å². The number of nitrogens with zero attached hydrogens (tertiary/aromatic N) is 1. The molecule has 0 atom stereocenters. The average Bonchev–Trinajstić information content (AvgIpc) is 2.48. The van der Waals surface area contributed by atoms with Gasteiger partial charge in [0.1, 0.15) is 5.82 Å². The zero-order valence-electron chi connectivity index (χ0n) is 12.4. The first-order chi connectivity index (χ1) is 10.1. The third kappa shape index (κ3) is 3.44. The second-order valence-corrected chi connectivity index (χ2v) is 5.03. The number of benzene rings is 1. The Morgan fingerprint density at radius 1 is 1.43 bits per heavy atom. The lowest BCUT2D eigenvalue weighted by Crippen LogP contribution is -2.37. The molecule has 2 N–H and O–H groups in total. The Balaban J connectivity index is 2.23. The summed E-state index contributed by atoms with van der Waals surface area (Å²) >= 11 is 0. The molecule has 1 aliphatic rings. The van der Waals surface area contributed by atoms with Crippen molar-refractivity contribution in [3.63, 3.8) is 0 Å². The molecule has 1 fully saturated rings. The molecule has 0 unspecified atom stereocenters. The number of methoxy groups -OCH3 is 1. The van der Waals surface area contributed by atoms with Gasteiger partial charge in [-0.05, 0) is 31.9 Å². The summed E-state index contributed by atoms with van der Waals surface area (Å²) in [5, 5.41) is 0. The standard InChI is InChI=1S/C15H21FN2O3/c1-3-21-15(19)11-8-14(12(16)9-13(11)17)18-6-4-10(20-2)5-7-18/h8-10H,3-7,17H2,1-2H3. The summed E-state index contributed by atoms with van der Waals surface area (Å²) in [5.41, 5.74) is 6.41. The summed E-state index contributed by atoms with van der Waals surface area (Å²) < 4.78 is 24.4. The van der Waals surface area contributed by atoms with Crippen molar-refractivity contribution < 1.29 is 18.7 Å². The molecule has 0 aromatic heterocycles. The summed E-state index contributed by atoms with van der Waals surface area (Å²) in [6.07, 6.45) is 1.87. The molecule has 0 amide bonds. The van der Waals surface area contributed by atoms with Crippen LogP contribution < -0.4 is 10.6 Å². The highest BCUT2D eigenvalue weighted by molar-refractivity contribution is 5.96. The van der Waals surface area contributed by atoms with Crippen LogP contribution in [-0.2, 0) is 9.47 Å². The summed E-state index contributed by atoms with van der Waals surface area (Å²) in [4.78, 5) is 13.8. The van der Waals surface area contributed by atoms with Crippen LogP contribution in [0.2, 0.25) is 0 Å². The van der Waals surface area contributed by atoms with Gasteiger partial charge >= 0.3 is 5.97 Å². The van der Waals surface area contributed by atoms with Crippen LogP contribution in [0.25, 0.3) is 0 Å². The van der Waals surface area contributed by atoms with Crippen molar-refractivity contribution in [1.29, 1.82) is 0 Å². The van der Waals surface area contributed by atoms with Crippen LogP contribution in [0.15, 0.2) is 12.1 Å². The highest BCUT2D eigenvalue weighted by atomic mass is 19.1. The Bertz CT molecular complexity index is 514. The predicted octanol–water partition coefficient (Wildman–Crippen LogP) is 2.20. The Hall–Kier alpha value is -1.82. The maximum atomic E-state index is 14.1. The summed E-state index contributed by atoms with van der Waals surface area (Å²) in [6.45, 7) is 3.33. The topological polar surface area (TPSA) is 64.8 Å². The van der Waals surface area contributed by atoms with E-state index in [2.05, 4.69) is 0 Å². The number of nitrogen functional groups attached to an aromatic ring is 1. The van der Waals surface area contributed by atoms with Crippen molar-refractivity contribution in [1.82, 2.24) is 0 Å². The Morgan fingerprint density at radius 2 is 2.10 bits per heavy atom. The highest BCUT2D eigenvalue weighted by Crippen LogP contribution is 2.28. The lowest BCUT2D eigenvalue weighted by Gasteiger charge is -2.33. The fourth-order valence-corrected chi connectivity index (χ4v) is 2.54. The quantitative estimate of drug-likeness (QED) is 0.681. The van der Waals surface area contributed by atoms with Crippen molar-refractivity contribution >= 4 is 17.3 Å². The van der Waals surface area contributed by atoms with Crippen LogP contribution >= 0.6 is 0 Å². The minimum Gasteiger partial charge on any atom is -0.462 e. The third-order valence-electron chi connectivity index (χ3n) is 3.73. The van der Waals surface area contributed by atoms with Crippen LogP contribution in [0.1, 0.15) is 30.1 Å². The molecule has 0 bridgehead atoms. The van der Waals surface area contributed by atoms with Gasteiger partial charge in [-0.25, -0.2) is 9.18 Å². The minimum atomic E-state index is -0.525. The van der Waals surface area contributed by atoms with E-state index in [4.69, 9.17) is 15.2 Å². The molecule has 0 spiro atoms. The maximum Gasteiger partial charge on any atom is 0.340 e. The maximum absolute atomic E-state index is 14.1. The Kier molecular flexibility index (Phi) is 5.01. The molecule has 1 heterocycles. The van der Waals surface area contributed by atoms with E-state index in [0.717, 1.165) is 12.8 Å². The summed E-state index contributed by atoms with van der Waals surface area (Å²) in [6, 6.07) is 2.67. The number of carbonyl (C=O) groups excluding carboxylic acids is 1. The van der Waals surface area contributed by atoms with Crippen molar-refractivity contribution in [3.05, 3.63) is 23.5 Å². The zero-order chi connectivity index (χ0) is 15.4. The second kappa shape index (κ2) is 6.76. The highest BCUT2D eigenvalue weighted by Gasteiger charge is 2.23. The van der Waals surface area contributed by atoms with Gasteiger partial charge in [0.2, 0.25) is 0 Å². The molecule has 116 valence electrons. The lowest BCUT2D eigenvalue weighted by atomic mass is 10.1. The van der Waals surface area contributed by atoms with Gasteiger partial charge in [-0.2, -0.15) is 0 Å². The number of piperidine rings is 1. The van der Waals surface area contributed by atoms with Gasteiger partial charge in [0.15, 0.2) is 0 Å². The molecule has 1 saturated heterocycles. The fraction of sp³-hybridized carbons (Fsp3) is 0.533. The van der Waals surface area contributed by atoms with Crippen LogP contribution in [0.3, 0.4) is 0 Å². The average molecular weight is 296 g/mol. The molecule has 1 aromatic rings. The van der Waals surface area contributed by atoms with E-state index in [1.165, 1.54) is 12.1 Å². The number of hydrogen-bond acceptors (Lipinski definition) is 5. The number of rotatable bonds is 4. The normalized spacial score (nSPS) is 16.0. The number of anilines is 2. The predicted molar refractivity (Wildman–Crippen MR) is 79.0 cm³/mol. The van der Waals surface area contributed by atoms with Gasteiger partial charge in [-0.15, -0.1) is 0 Å². The van der Waals surface area contributed by atoms with Crippen molar-refractivity contribution in [2.75, 3.05) is 37.4 Å². The molecule has 0 radical (unpaired) electrons. The van der Waals surface area contributed by atoms with Crippen molar-refractivity contribution in [3.8, 4) is 0 Å².